The Bertz CT molecular complexity index is 1000. The maximum atomic E-state index is 13.1. The van der Waals surface area contributed by atoms with Crippen molar-refractivity contribution in [2.24, 2.45) is 5.92 Å². The molecule has 0 bridgehead atoms. The molecule has 2 aromatic carbocycles. The number of amides is 1. The number of benzene rings is 2. The lowest BCUT2D eigenvalue weighted by Gasteiger charge is -2.32. The molecule has 0 radical (unpaired) electrons. The standard InChI is InChI=1S/C25H31N3O2S/c1-3-20(15-18-9-6-5-7-10-18)26-24(29)19-11-8-14-28(17-19)25-27-22-13-12-21(30-4-2)16-23(22)31-25/h5-7,9-10,12-13,16,19-20H,3-4,8,11,14-15,17H2,1-2H3,(H,26,29)/t19-,20-/m0/s1. The smallest absolute Gasteiger partial charge is 0.225 e. The van der Waals surface area contributed by atoms with Gasteiger partial charge in [-0.3, -0.25) is 4.79 Å². The van der Waals surface area contributed by atoms with Gasteiger partial charge in [0.25, 0.3) is 0 Å². The minimum Gasteiger partial charge on any atom is -0.494 e. The molecule has 164 valence electrons. The topological polar surface area (TPSA) is 54.5 Å². The Hall–Kier alpha value is -2.60. The van der Waals surface area contributed by atoms with Crippen LogP contribution in [0.25, 0.3) is 10.2 Å². The van der Waals surface area contributed by atoms with E-state index in [1.165, 1.54) is 5.56 Å². The Kier molecular flexibility index (Phi) is 7.07. The zero-order valence-corrected chi connectivity index (χ0v) is 19.2. The van der Waals surface area contributed by atoms with Gasteiger partial charge >= 0.3 is 0 Å². The van der Waals surface area contributed by atoms with Crippen LogP contribution in [0.1, 0.15) is 38.7 Å². The van der Waals surface area contributed by atoms with Crippen LogP contribution < -0.4 is 15.0 Å². The summed E-state index contributed by atoms with van der Waals surface area (Å²) < 4.78 is 6.75. The van der Waals surface area contributed by atoms with E-state index < -0.39 is 0 Å². The average molecular weight is 438 g/mol. The van der Waals surface area contributed by atoms with E-state index in [0.717, 1.165) is 59.9 Å². The molecule has 1 aromatic heterocycles. The number of thiazole rings is 1. The second kappa shape index (κ2) is 10.1. The molecule has 0 saturated carbocycles. The largest absolute Gasteiger partial charge is 0.494 e. The number of ether oxygens (including phenoxy) is 1. The maximum absolute atomic E-state index is 13.1. The second-order valence-electron chi connectivity index (χ2n) is 8.15. The quantitative estimate of drug-likeness (QED) is 0.536. The van der Waals surface area contributed by atoms with Crippen molar-refractivity contribution in [2.45, 2.75) is 45.6 Å². The first-order chi connectivity index (χ1) is 15.2. The molecule has 1 aliphatic rings. The fourth-order valence-corrected chi connectivity index (χ4v) is 5.19. The zero-order chi connectivity index (χ0) is 21.6. The van der Waals surface area contributed by atoms with E-state index in [1.54, 1.807) is 11.3 Å². The van der Waals surface area contributed by atoms with Crippen molar-refractivity contribution in [1.29, 1.82) is 0 Å². The molecule has 3 aromatic rings. The van der Waals surface area contributed by atoms with Crippen molar-refractivity contribution < 1.29 is 9.53 Å². The van der Waals surface area contributed by atoms with Gasteiger partial charge in [-0.25, -0.2) is 4.98 Å². The number of nitrogens with zero attached hydrogens (tertiary/aromatic N) is 2. The van der Waals surface area contributed by atoms with E-state index in [0.29, 0.717) is 6.61 Å². The summed E-state index contributed by atoms with van der Waals surface area (Å²) in [5, 5.41) is 4.30. The summed E-state index contributed by atoms with van der Waals surface area (Å²) in [7, 11) is 0. The van der Waals surface area contributed by atoms with E-state index in [9.17, 15) is 4.79 Å². The van der Waals surface area contributed by atoms with Crippen molar-refractivity contribution in [3.05, 3.63) is 54.1 Å². The van der Waals surface area contributed by atoms with E-state index in [4.69, 9.17) is 9.72 Å². The molecular formula is C25H31N3O2S. The van der Waals surface area contributed by atoms with Crippen molar-refractivity contribution in [2.75, 3.05) is 24.6 Å². The number of piperidine rings is 1. The minimum absolute atomic E-state index is 0.00423. The van der Waals surface area contributed by atoms with Crippen LogP contribution in [0.4, 0.5) is 5.13 Å². The molecule has 1 aliphatic heterocycles. The van der Waals surface area contributed by atoms with E-state index in [1.807, 2.05) is 25.1 Å². The van der Waals surface area contributed by atoms with Crippen molar-refractivity contribution in [3.8, 4) is 5.75 Å². The molecule has 1 N–H and O–H groups in total. The summed E-state index contributed by atoms with van der Waals surface area (Å²) in [6.45, 7) is 6.46. The molecule has 2 atom stereocenters. The fraction of sp³-hybridized carbons (Fsp3) is 0.440. The molecule has 0 spiro atoms. The SMILES string of the molecule is CCOc1ccc2nc(N3CCC[C@H](C(=O)N[C@@H](CC)Cc4ccccc4)C3)sc2c1. The molecule has 0 aliphatic carbocycles. The van der Waals surface area contributed by atoms with Gasteiger partial charge < -0.3 is 15.0 Å². The molecular weight excluding hydrogens is 406 g/mol. The fourth-order valence-electron chi connectivity index (χ4n) is 4.16. The lowest BCUT2D eigenvalue weighted by atomic mass is 9.96. The first-order valence-electron chi connectivity index (χ1n) is 11.3. The number of anilines is 1. The van der Waals surface area contributed by atoms with Crippen LogP contribution in [0.2, 0.25) is 0 Å². The van der Waals surface area contributed by atoms with Gasteiger partial charge in [-0.15, -0.1) is 0 Å². The number of rotatable bonds is 8. The highest BCUT2D eigenvalue weighted by molar-refractivity contribution is 7.22. The first-order valence-corrected chi connectivity index (χ1v) is 12.1. The zero-order valence-electron chi connectivity index (χ0n) is 18.3. The van der Waals surface area contributed by atoms with Crippen LogP contribution in [0.5, 0.6) is 5.75 Å². The second-order valence-corrected chi connectivity index (χ2v) is 9.16. The number of carbonyl (C=O) groups is 1. The molecule has 5 nitrogen and oxygen atoms in total. The van der Waals surface area contributed by atoms with Crippen molar-refractivity contribution in [3.63, 3.8) is 0 Å². The Morgan fingerprint density at radius 3 is 2.87 bits per heavy atom. The van der Waals surface area contributed by atoms with E-state index in [2.05, 4.69) is 47.5 Å². The Morgan fingerprint density at radius 2 is 2.10 bits per heavy atom. The summed E-state index contributed by atoms with van der Waals surface area (Å²) in [5.74, 6) is 1.06. The van der Waals surface area contributed by atoms with Gasteiger partial charge in [0.2, 0.25) is 5.91 Å². The number of hydrogen-bond acceptors (Lipinski definition) is 5. The average Bonchev–Trinajstić information content (AvgIpc) is 3.23. The third-order valence-corrected chi connectivity index (χ3v) is 6.97. The van der Waals surface area contributed by atoms with E-state index in [-0.39, 0.29) is 17.9 Å². The number of hydrogen-bond donors (Lipinski definition) is 1. The van der Waals surface area contributed by atoms with Crippen LogP contribution in [0.15, 0.2) is 48.5 Å². The molecule has 1 fully saturated rings. The normalized spacial score (nSPS) is 17.5. The highest BCUT2D eigenvalue weighted by Gasteiger charge is 2.28. The van der Waals surface area contributed by atoms with Crippen molar-refractivity contribution in [1.82, 2.24) is 10.3 Å². The summed E-state index contributed by atoms with van der Waals surface area (Å²) in [4.78, 5) is 20.1. The van der Waals surface area contributed by atoms with Crippen molar-refractivity contribution >= 4 is 32.6 Å². The lowest BCUT2D eigenvalue weighted by Crippen LogP contribution is -2.46. The predicted molar refractivity (Wildman–Crippen MR) is 128 cm³/mol. The minimum atomic E-state index is 0.00423. The number of nitrogens with one attached hydrogen (secondary N) is 1. The summed E-state index contributed by atoms with van der Waals surface area (Å²) in [6, 6.07) is 16.6. The third-order valence-electron chi connectivity index (χ3n) is 5.89. The molecule has 6 heteroatoms. The molecule has 2 heterocycles. The lowest BCUT2D eigenvalue weighted by molar-refractivity contribution is -0.126. The van der Waals surface area contributed by atoms with Gasteiger partial charge in [0.1, 0.15) is 5.75 Å². The summed E-state index contributed by atoms with van der Waals surface area (Å²) in [5.41, 5.74) is 2.25. The third kappa shape index (κ3) is 5.37. The number of fused-ring (bicyclic) bond motifs is 1. The van der Waals surface area contributed by atoms with Gasteiger partial charge in [0, 0.05) is 19.1 Å². The molecule has 31 heavy (non-hydrogen) atoms. The molecule has 1 amide bonds. The van der Waals surface area contributed by atoms with Crippen LogP contribution in [-0.4, -0.2) is 36.6 Å². The first kappa shape index (κ1) is 21.6. The van der Waals surface area contributed by atoms with Gasteiger partial charge in [0.05, 0.1) is 22.7 Å². The van der Waals surface area contributed by atoms with Gasteiger partial charge in [-0.2, -0.15) is 0 Å². The monoisotopic (exact) mass is 437 g/mol. The molecule has 0 unspecified atom stereocenters. The number of carbonyl (C=O) groups excluding carboxylic acids is 1. The number of aromatic nitrogens is 1. The van der Waals surface area contributed by atoms with Gasteiger partial charge in [-0.05, 0) is 56.4 Å². The van der Waals surface area contributed by atoms with Crippen LogP contribution in [0, 0.1) is 5.92 Å². The Balaban J connectivity index is 1.40. The van der Waals surface area contributed by atoms with Gasteiger partial charge in [0.15, 0.2) is 5.13 Å². The Labute approximate surface area is 188 Å². The van der Waals surface area contributed by atoms with Crippen LogP contribution in [0.3, 0.4) is 0 Å². The van der Waals surface area contributed by atoms with Gasteiger partial charge in [-0.1, -0.05) is 48.6 Å². The molecule has 1 saturated heterocycles. The summed E-state index contributed by atoms with van der Waals surface area (Å²) >= 11 is 1.68. The van der Waals surface area contributed by atoms with Crippen LogP contribution >= 0.6 is 11.3 Å². The predicted octanol–water partition coefficient (Wildman–Crippen LogP) is 5.05. The molecule has 4 rings (SSSR count). The summed E-state index contributed by atoms with van der Waals surface area (Å²) in [6.07, 6.45) is 3.74. The Morgan fingerprint density at radius 1 is 1.26 bits per heavy atom. The highest BCUT2D eigenvalue weighted by atomic mass is 32.1. The maximum Gasteiger partial charge on any atom is 0.225 e. The highest BCUT2D eigenvalue weighted by Crippen LogP contribution is 2.33. The van der Waals surface area contributed by atoms with E-state index >= 15 is 0 Å². The van der Waals surface area contributed by atoms with Crippen LogP contribution in [-0.2, 0) is 11.2 Å².